The molecule has 1 aliphatic heterocycles. The second kappa shape index (κ2) is 2.44. The number of rotatable bonds is 0. The third-order valence-electron chi connectivity index (χ3n) is 0.677. The van der Waals surface area contributed by atoms with Gasteiger partial charge in [0.2, 0.25) is 0 Å². The van der Waals surface area contributed by atoms with Crippen LogP contribution < -0.4 is 0 Å². The van der Waals surface area contributed by atoms with Gasteiger partial charge >= 0.3 is 0 Å². The third-order valence-corrected chi connectivity index (χ3v) is 4.68. The van der Waals surface area contributed by atoms with Crippen molar-refractivity contribution in [3.05, 3.63) is 0 Å². The topological polar surface area (TPSA) is 0 Å². The van der Waals surface area contributed by atoms with Crippen LogP contribution in [0.1, 0.15) is 6.42 Å². The van der Waals surface area contributed by atoms with Crippen molar-refractivity contribution in [2.75, 3.05) is 5.75 Å². The van der Waals surface area contributed by atoms with E-state index in [1.165, 1.54) is 12.2 Å². The molecule has 1 fully saturated rings. The van der Waals surface area contributed by atoms with E-state index in [9.17, 15) is 0 Å². The van der Waals surface area contributed by atoms with Crippen LogP contribution in [0.5, 0.6) is 0 Å². The lowest BCUT2D eigenvalue weighted by Gasteiger charge is -1.89. The van der Waals surface area contributed by atoms with Crippen LogP contribution in [0.2, 0.25) is 0 Å². The van der Waals surface area contributed by atoms with Crippen LogP contribution in [-0.2, 0) is 0 Å². The molecule has 6 heavy (non-hydrogen) atoms. The summed E-state index contributed by atoms with van der Waals surface area (Å²) in [4.78, 5) is 0.843. The lowest BCUT2D eigenvalue weighted by atomic mass is 10.6. The average Bonchev–Trinajstić information content (AvgIpc) is 1.86. The Labute approximate surface area is 48.4 Å². The van der Waals surface area contributed by atoms with Crippen LogP contribution in [0.4, 0.5) is 0 Å². The fraction of sp³-hybridized carbons (Fsp3) is 1.00. The molecule has 0 aliphatic carbocycles. The molecule has 1 rings (SSSR count). The van der Waals surface area contributed by atoms with Gasteiger partial charge in [-0.15, -0.1) is 9.24 Å². The summed E-state index contributed by atoms with van der Waals surface area (Å²) in [5, 5.41) is 0. The van der Waals surface area contributed by atoms with Crippen LogP contribution in [0, 0.1) is 0 Å². The molecule has 1 aliphatic rings. The second-order valence-corrected chi connectivity index (χ2v) is 5.26. The first-order chi connectivity index (χ1) is 2.89. The number of hydrogen-bond acceptors (Lipinski definition) is 2. The summed E-state index contributed by atoms with van der Waals surface area (Å²) in [7, 11) is 6.77. The molecular weight excluding hydrogens is 131 g/mol. The summed E-state index contributed by atoms with van der Waals surface area (Å²) < 4.78 is 0. The predicted molar refractivity (Wildman–Crippen MR) is 38.2 cm³/mol. The third kappa shape index (κ3) is 1.32. The van der Waals surface area contributed by atoms with Crippen LogP contribution in [0.3, 0.4) is 0 Å². The Bertz CT molecular complexity index is 42.1. The van der Waals surface area contributed by atoms with E-state index < -0.39 is 0 Å². The van der Waals surface area contributed by atoms with Crippen LogP contribution >= 0.6 is 30.8 Å². The van der Waals surface area contributed by atoms with Crippen molar-refractivity contribution in [3.63, 3.8) is 0 Å². The summed E-state index contributed by atoms with van der Waals surface area (Å²) >= 11 is 0. The smallest absolute Gasteiger partial charge is 0.0302 e. The van der Waals surface area contributed by atoms with Crippen molar-refractivity contribution in [2.45, 2.75) is 11.4 Å². The summed E-state index contributed by atoms with van der Waals surface area (Å²) in [5.74, 6) is 1.35. The molecule has 0 nitrogen and oxygen atoms in total. The molecule has 2 atom stereocenters. The standard InChI is InChI=1S/C3H7PS2/c4-3-1-2-5-6-3/h3H,1-2,4H2. The SMILES string of the molecule is PC1CCSS1. The molecule has 0 amide bonds. The van der Waals surface area contributed by atoms with E-state index in [0.717, 1.165) is 4.99 Å². The van der Waals surface area contributed by atoms with Gasteiger partial charge < -0.3 is 0 Å². The summed E-state index contributed by atoms with van der Waals surface area (Å²) in [6.45, 7) is 0. The van der Waals surface area contributed by atoms with Gasteiger partial charge in [-0.2, -0.15) is 0 Å². The minimum Gasteiger partial charge on any atom is -0.123 e. The highest BCUT2D eigenvalue weighted by Crippen LogP contribution is 2.40. The molecule has 0 aromatic carbocycles. The molecule has 0 spiro atoms. The molecular formula is C3H7PS2. The van der Waals surface area contributed by atoms with Gasteiger partial charge in [-0.1, -0.05) is 21.6 Å². The fourth-order valence-corrected chi connectivity index (χ4v) is 3.84. The summed E-state index contributed by atoms with van der Waals surface area (Å²) in [6.07, 6.45) is 1.38. The first-order valence-corrected chi connectivity index (χ1v) is 4.98. The molecule has 0 N–H and O–H groups in total. The predicted octanol–water partition coefficient (Wildman–Crippen LogP) is 1.97. The van der Waals surface area contributed by atoms with E-state index in [2.05, 4.69) is 9.24 Å². The van der Waals surface area contributed by atoms with Crippen molar-refractivity contribution in [1.82, 2.24) is 0 Å². The van der Waals surface area contributed by atoms with Crippen LogP contribution in [0.15, 0.2) is 0 Å². The van der Waals surface area contributed by atoms with E-state index in [-0.39, 0.29) is 0 Å². The van der Waals surface area contributed by atoms with E-state index >= 15 is 0 Å². The molecule has 0 aromatic heterocycles. The van der Waals surface area contributed by atoms with Gasteiger partial charge in [0, 0.05) is 10.7 Å². The Morgan fingerprint density at radius 1 is 1.67 bits per heavy atom. The van der Waals surface area contributed by atoms with Crippen molar-refractivity contribution in [1.29, 1.82) is 0 Å². The first kappa shape index (κ1) is 5.27. The Morgan fingerprint density at radius 3 is 2.67 bits per heavy atom. The Morgan fingerprint density at radius 2 is 2.50 bits per heavy atom. The normalized spacial score (nSPS) is 34.5. The Hall–Kier alpha value is 1.13. The number of hydrogen-bond donors (Lipinski definition) is 0. The molecule has 36 valence electrons. The quantitative estimate of drug-likeness (QED) is 0.371. The maximum Gasteiger partial charge on any atom is 0.0302 e. The molecule has 0 radical (unpaired) electrons. The molecule has 0 bridgehead atoms. The molecule has 0 aromatic rings. The lowest BCUT2D eigenvalue weighted by Crippen LogP contribution is -1.78. The van der Waals surface area contributed by atoms with Crippen molar-refractivity contribution >= 4 is 30.8 Å². The van der Waals surface area contributed by atoms with Crippen LogP contribution in [0.25, 0.3) is 0 Å². The highest BCUT2D eigenvalue weighted by atomic mass is 33.1. The molecule has 2 unspecified atom stereocenters. The van der Waals surface area contributed by atoms with E-state index in [1.807, 2.05) is 21.6 Å². The molecule has 1 heterocycles. The van der Waals surface area contributed by atoms with Gasteiger partial charge in [-0.25, -0.2) is 0 Å². The second-order valence-electron chi connectivity index (χ2n) is 1.25. The zero-order valence-corrected chi connectivity index (χ0v) is 6.17. The minimum atomic E-state index is 0.843. The van der Waals surface area contributed by atoms with Gasteiger partial charge in [0.05, 0.1) is 0 Å². The fourth-order valence-electron chi connectivity index (χ4n) is 0.348. The van der Waals surface area contributed by atoms with Gasteiger partial charge in [0.1, 0.15) is 0 Å². The van der Waals surface area contributed by atoms with Crippen molar-refractivity contribution in [3.8, 4) is 0 Å². The van der Waals surface area contributed by atoms with Gasteiger partial charge in [-0.3, -0.25) is 0 Å². The minimum absolute atomic E-state index is 0.843. The summed E-state index contributed by atoms with van der Waals surface area (Å²) in [6, 6.07) is 0. The van der Waals surface area contributed by atoms with Crippen LogP contribution in [-0.4, -0.2) is 10.7 Å². The van der Waals surface area contributed by atoms with E-state index in [1.54, 1.807) is 0 Å². The van der Waals surface area contributed by atoms with Crippen molar-refractivity contribution < 1.29 is 0 Å². The maximum atomic E-state index is 2.81. The highest BCUT2D eigenvalue weighted by molar-refractivity contribution is 8.78. The van der Waals surface area contributed by atoms with Crippen molar-refractivity contribution in [2.24, 2.45) is 0 Å². The monoisotopic (exact) mass is 138 g/mol. The average molecular weight is 138 g/mol. The van der Waals surface area contributed by atoms with Gasteiger partial charge in [0.25, 0.3) is 0 Å². The lowest BCUT2D eigenvalue weighted by molar-refractivity contribution is 1.10. The zero-order chi connectivity index (χ0) is 4.41. The van der Waals surface area contributed by atoms with Gasteiger partial charge in [-0.05, 0) is 6.42 Å². The largest absolute Gasteiger partial charge is 0.123 e. The molecule has 1 saturated heterocycles. The molecule has 0 saturated carbocycles. The van der Waals surface area contributed by atoms with E-state index in [0.29, 0.717) is 0 Å². The Balaban J connectivity index is 2.18. The zero-order valence-electron chi connectivity index (χ0n) is 3.39. The molecule has 3 heteroatoms. The van der Waals surface area contributed by atoms with Gasteiger partial charge in [0.15, 0.2) is 0 Å². The van der Waals surface area contributed by atoms with E-state index in [4.69, 9.17) is 0 Å². The maximum absolute atomic E-state index is 2.81. The summed E-state index contributed by atoms with van der Waals surface area (Å²) in [5.41, 5.74) is 0. The Kier molecular flexibility index (Phi) is 2.14. The highest BCUT2D eigenvalue weighted by Gasteiger charge is 2.09. The first-order valence-electron chi connectivity index (χ1n) is 1.93.